The van der Waals surface area contributed by atoms with Gasteiger partial charge in [0.1, 0.15) is 6.10 Å². The molecule has 1 saturated heterocycles. The first-order chi connectivity index (χ1) is 10.8. The summed E-state index contributed by atoms with van der Waals surface area (Å²) in [6.45, 7) is 1.10. The Balaban J connectivity index is 1.56. The molecule has 0 radical (unpaired) electrons. The molecule has 1 aliphatic heterocycles. The van der Waals surface area contributed by atoms with Crippen molar-refractivity contribution in [1.82, 2.24) is 25.3 Å². The van der Waals surface area contributed by atoms with Gasteiger partial charge in [0.2, 0.25) is 5.82 Å². The summed E-state index contributed by atoms with van der Waals surface area (Å²) in [6.07, 6.45) is 9.69. The van der Waals surface area contributed by atoms with E-state index in [4.69, 9.17) is 4.74 Å². The fourth-order valence-electron chi connectivity index (χ4n) is 2.24. The van der Waals surface area contributed by atoms with Crippen molar-refractivity contribution in [2.45, 2.75) is 31.9 Å². The third-order valence-electron chi connectivity index (χ3n) is 3.41. The molecule has 7 nitrogen and oxygen atoms in total. The van der Waals surface area contributed by atoms with Crippen molar-refractivity contribution in [2.75, 3.05) is 6.61 Å². The normalized spacial score (nSPS) is 17.9. The number of amides is 1. The predicted molar refractivity (Wildman–Crippen MR) is 77.8 cm³/mol. The van der Waals surface area contributed by atoms with Crippen LogP contribution in [0.15, 0.2) is 30.9 Å². The lowest BCUT2D eigenvalue weighted by molar-refractivity contribution is 0.00940. The summed E-state index contributed by atoms with van der Waals surface area (Å²) in [6, 6.07) is 1.66. The number of carbonyl (C=O) groups excluding carboxylic acids is 1. The summed E-state index contributed by atoms with van der Waals surface area (Å²) in [7, 11) is 0. The molecule has 0 aliphatic carbocycles. The van der Waals surface area contributed by atoms with Crippen LogP contribution in [0.1, 0.15) is 47.4 Å². The Hall–Kier alpha value is -2.41. The minimum atomic E-state index is -0.319. The topological polar surface area (TPSA) is 89.9 Å². The lowest BCUT2D eigenvalue weighted by atomic mass is 10.1. The number of nitrogens with zero attached hydrogens (tertiary/aromatic N) is 4. The van der Waals surface area contributed by atoms with Crippen molar-refractivity contribution in [3.8, 4) is 0 Å². The van der Waals surface area contributed by atoms with Gasteiger partial charge in [-0.3, -0.25) is 4.79 Å². The fraction of sp³-hybridized carbons (Fsp3) is 0.400. The summed E-state index contributed by atoms with van der Waals surface area (Å²) in [5, 5.41) is 2.74. The van der Waals surface area contributed by atoms with Gasteiger partial charge >= 0.3 is 0 Å². The summed E-state index contributed by atoms with van der Waals surface area (Å²) in [5.74, 6) is 0.539. The second-order valence-electron chi connectivity index (χ2n) is 5.06. The summed E-state index contributed by atoms with van der Waals surface area (Å²) in [5.41, 5.74) is 0.823. The van der Waals surface area contributed by atoms with Gasteiger partial charge in [0.25, 0.3) is 5.91 Å². The Morgan fingerprint density at radius 1 is 1.18 bits per heavy atom. The van der Waals surface area contributed by atoms with Crippen LogP contribution in [0.25, 0.3) is 0 Å². The molecule has 2 aromatic rings. The van der Waals surface area contributed by atoms with Gasteiger partial charge < -0.3 is 10.1 Å². The van der Waals surface area contributed by atoms with E-state index in [0.717, 1.165) is 31.4 Å². The van der Waals surface area contributed by atoms with Crippen LogP contribution in [0.5, 0.6) is 0 Å². The smallest absolute Gasteiger partial charge is 0.289 e. The van der Waals surface area contributed by atoms with Crippen LogP contribution in [-0.2, 0) is 11.3 Å². The van der Waals surface area contributed by atoms with Crippen LogP contribution in [0.4, 0.5) is 0 Å². The number of nitrogens with one attached hydrogen (secondary N) is 1. The van der Waals surface area contributed by atoms with E-state index in [0.29, 0.717) is 12.4 Å². The first kappa shape index (κ1) is 14.5. The Labute approximate surface area is 128 Å². The average Bonchev–Trinajstić information content (AvgIpc) is 2.61. The first-order valence-electron chi connectivity index (χ1n) is 7.30. The minimum Gasteiger partial charge on any atom is -0.370 e. The van der Waals surface area contributed by atoms with Crippen molar-refractivity contribution >= 4 is 5.91 Å². The number of aromatic nitrogens is 4. The molecule has 1 amide bonds. The van der Waals surface area contributed by atoms with Crippen molar-refractivity contribution in [1.29, 1.82) is 0 Å². The molecule has 0 saturated carbocycles. The third-order valence-corrected chi connectivity index (χ3v) is 3.41. The summed E-state index contributed by atoms with van der Waals surface area (Å²) in [4.78, 5) is 28.3. The highest BCUT2D eigenvalue weighted by Crippen LogP contribution is 2.24. The monoisotopic (exact) mass is 299 g/mol. The average molecular weight is 299 g/mol. The maximum atomic E-state index is 11.8. The van der Waals surface area contributed by atoms with E-state index in [2.05, 4.69) is 25.3 Å². The SMILES string of the molecule is O=C(NCc1cnc([C@@H]2CCCCO2)nc1)c1ncccn1. The number of carbonyl (C=O) groups is 1. The number of hydrogen-bond donors (Lipinski definition) is 1. The third kappa shape index (κ3) is 3.62. The van der Waals surface area contributed by atoms with Gasteiger partial charge in [0.15, 0.2) is 5.82 Å². The fourth-order valence-corrected chi connectivity index (χ4v) is 2.24. The van der Waals surface area contributed by atoms with Crippen LogP contribution >= 0.6 is 0 Å². The molecule has 114 valence electrons. The second kappa shape index (κ2) is 7.04. The van der Waals surface area contributed by atoms with Crippen LogP contribution in [0, 0.1) is 0 Å². The molecule has 0 spiro atoms. The van der Waals surface area contributed by atoms with Crippen LogP contribution in [0.2, 0.25) is 0 Å². The van der Waals surface area contributed by atoms with Gasteiger partial charge in [0, 0.05) is 43.5 Å². The largest absolute Gasteiger partial charge is 0.370 e. The standard InChI is InChI=1S/C15H17N5O2/c21-15(14-16-5-3-6-17-14)20-10-11-8-18-13(19-9-11)12-4-1-2-7-22-12/h3,5-6,8-9,12H,1-2,4,7,10H2,(H,20,21)/t12-/m0/s1. The molecule has 1 aliphatic rings. The van der Waals surface area contributed by atoms with Gasteiger partial charge in [-0.2, -0.15) is 0 Å². The Morgan fingerprint density at radius 3 is 2.64 bits per heavy atom. The zero-order valence-corrected chi connectivity index (χ0v) is 12.1. The van der Waals surface area contributed by atoms with Crippen LogP contribution < -0.4 is 5.32 Å². The van der Waals surface area contributed by atoms with Crippen LogP contribution in [-0.4, -0.2) is 32.4 Å². The predicted octanol–water partition coefficient (Wildman–Crippen LogP) is 1.44. The molecule has 2 aromatic heterocycles. The van der Waals surface area contributed by atoms with E-state index < -0.39 is 0 Å². The van der Waals surface area contributed by atoms with E-state index in [1.165, 1.54) is 12.4 Å². The quantitative estimate of drug-likeness (QED) is 0.918. The Kier molecular flexibility index (Phi) is 4.65. The van der Waals surface area contributed by atoms with Gasteiger partial charge in [-0.1, -0.05) is 0 Å². The highest BCUT2D eigenvalue weighted by atomic mass is 16.5. The van der Waals surface area contributed by atoms with E-state index >= 15 is 0 Å². The Bertz CT molecular complexity index is 612. The summed E-state index contributed by atoms with van der Waals surface area (Å²) >= 11 is 0. The minimum absolute atomic E-state index is 0.00453. The van der Waals surface area contributed by atoms with Crippen molar-refractivity contribution in [3.05, 3.63) is 48.1 Å². The van der Waals surface area contributed by atoms with Crippen molar-refractivity contribution in [3.63, 3.8) is 0 Å². The molecule has 0 unspecified atom stereocenters. The van der Waals surface area contributed by atoms with Gasteiger partial charge in [-0.05, 0) is 25.3 Å². The second-order valence-corrected chi connectivity index (χ2v) is 5.06. The first-order valence-corrected chi connectivity index (χ1v) is 7.30. The molecule has 7 heteroatoms. The van der Waals surface area contributed by atoms with Crippen LogP contribution in [0.3, 0.4) is 0 Å². The molecule has 0 bridgehead atoms. The van der Waals surface area contributed by atoms with E-state index in [-0.39, 0.29) is 17.8 Å². The molecular formula is C15H17N5O2. The molecule has 22 heavy (non-hydrogen) atoms. The zero-order valence-electron chi connectivity index (χ0n) is 12.1. The highest BCUT2D eigenvalue weighted by Gasteiger charge is 2.18. The molecule has 3 heterocycles. The number of hydrogen-bond acceptors (Lipinski definition) is 6. The van der Waals surface area contributed by atoms with E-state index in [1.54, 1.807) is 18.5 Å². The van der Waals surface area contributed by atoms with Gasteiger partial charge in [-0.15, -0.1) is 0 Å². The van der Waals surface area contributed by atoms with Gasteiger partial charge in [-0.25, -0.2) is 19.9 Å². The maximum Gasteiger partial charge on any atom is 0.289 e. The molecule has 3 rings (SSSR count). The maximum absolute atomic E-state index is 11.8. The van der Waals surface area contributed by atoms with Crippen molar-refractivity contribution < 1.29 is 9.53 Å². The lowest BCUT2D eigenvalue weighted by Gasteiger charge is -2.21. The molecule has 1 fully saturated rings. The zero-order chi connectivity index (χ0) is 15.2. The van der Waals surface area contributed by atoms with Crippen molar-refractivity contribution in [2.24, 2.45) is 0 Å². The number of ether oxygens (including phenoxy) is 1. The van der Waals surface area contributed by atoms with E-state index in [9.17, 15) is 4.79 Å². The van der Waals surface area contributed by atoms with E-state index in [1.807, 2.05) is 0 Å². The highest BCUT2D eigenvalue weighted by molar-refractivity contribution is 5.90. The molecule has 1 N–H and O–H groups in total. The Morgan fingerprint density at radius 2 is 1.95 bits per heavy atom. The molecule has 1 atom stereocenters. The molecule has 0 aromatic carbocycles. The summed E-state index contributed by atoms with van der Waals surface area (Å²) < 4.78 is 5.65. The van der Waals surface area contributed by atoms with Gasteiger partial charge in [0.05, 0.1) is 0 Å². The number of rotatable bonds is 4. The molecular weight excluding hydrogens is 282 g/mol. The lowest BCUT2D eigenvalue weighted by Crippen LogP contribution is -2.25.